The highest BCUT2D eigenvalue weighted by Crippen LogP contribution is 2.20. The van der Waals surface area contributed by atoms with E-state index in [4.69, 9.17) is 4.99 Å². The molecule has 2 N–H and O–H groups in total. The standard InChI is InChI=1S/C25H36N8/c1-4-24-30-28-18-32(24)15-13-27-25(26-12-7-14-33-20(3)16-19(2)31-33)29-23-11-10-21-8-5-6-9-22(21)17-23/h5-6,8-9,16,18,23H,4,7,10-15,17H2,1-3H3,(H2,26,27,29). The van der Waals surface area contributed by atoms with Crippen LogP contribution in [0, 0.1) is 13.8 Å². The van der Waals surface area contributed by atoms with Crippen molar-refractivity contribution in [3.8, 4) is 0 Å². The van der Waals surface area contributed by atoms with Crippen molar-refractivity contribution in [3.63, 3.8) is 0 Å². The molecule has 2 heterocycles. The van der Waals surface area contributed by atoms with Crippen LogP contribution in [0.1, 0.15) is 48.1 Å². The molecule has 0 amide bonds. The molecule has 0 fully saturated rings. The van der Waals surface area contributed by atoms with Gasteiger partial charge in [0.25, 0.3) is 0 Å². The van der Waals surface area contributed by atoms with Gasteiger partial charge in [-0.05, 0) is 56.7 Å². The van der Waals surface area contributed by atoms with Crippen LogP contribution in [0.25, 0.3) is 0 Å². The Bertz CT molecular complexity index is 1060. The Labute approximate surface area is 196 Å². The summed E-state index contributed by atoms with van der Waals surface area (Å²) in [6.07, 6.45) is 6.90. The molecule has 1 unspecified atom stereocenters. The SMILES string of the molecule is CCc1nncn1CCNC(=NCCCn1nc(C)cc1C)NC1CCc2ccccc2C1. The van der Waals surface area contributed by atoms with Gasteiger partial charge in [0.2, 0.25) is 0 Å². The zero-order chi connectivity index (χ0) is 23.0. The van der Waals surface area contributed by atoms with Gasteiger partial charge in [-0.2, -0.15) is 5.10 Å². The van der Waals surface area contributed by atoms with E-state index in [9.17, 15) is 0 Å². The Morgan fingerprint density at radius 1 is 1.18 bits per heavy atom. The summed E-state index contributed by atoms with van der Waals surface area (Å²) in [4.78, 5) is 4.90. The van der Waals surface area contributed by atoms with Crippen molar-refractivity contribution in [2.24, 2.45) is 4.99 Å². The Morgan fingerprint density at radius 3 is 2.82 bits per heavy atom. The number of guanidine groups is 1. The molecule has 1 aromatic carbocycles. The molecule has 8 heteroatoms. The summed E-state index contributed by atoms with van der Waals surface area (Å²) in [5.41, 5.74) is 5.20. The van der Waals surface area contributed by atoms with E-state index in [2.05, 4.69) is 79.4 Å². The lowest BCUT2D eigenvalue weighted by Crippen LogP contribution is -2.46. The zero-order valence-electron chi connectivity index (χ0n) is 20.1. The largest absolute Gasteiger partial charge is 0.355 e. The van der Waals surface area contributed by atoms with Crippen LogP contribution in [-0.4, -0.2) is 49.6 Å². The number of nitrogens with one attached hydrogen (secondary N) is 2. The smallest absolute Gasteiger partial charge is 0.191 e. The molecule has 0 saturated heterocycles. The highest BCUT2D eigenvalue weighted by molar-refractivity contribution is 5.80. The predicted molar refractivity (Wildman–Crippen MR) is 131 cm³/mol. The van der Waals surface area contributed by atoms with Gasteiger partial charge < -0.3 is 15.2 Å². The van der Waals surface area contributed by atoms with Crippen molar-refractivity contribution < 1.29 is 0 Å². The minimum absolute atomic E-state index is 0.392. The van der Waals surface area contributed by atoms with Crippen LogP contribution in [0.4, 0.5) is 0 Å². The van der Waals surface area contributed by atoms with E-state index in [1.807, 2.05) is 6.92 Å². The van der Waals surface area contributed by atoms with Gasteiger partial charge in [-0.1, -0.05) is 31.2 Å². The van der Waals surface area contributed by atoms with Gasteiger partial charge in [-0.3, -0.25) is 9.67 Å². The molecule has 0 radical (unpaired) electrons. The Hall–Kier alpha value is -3.16. The van der Waals surface area contributed by atoms with Gasteiger partial charge in [0.15, 0.2) is 5.96 Å². The molecule has 8 nitrogen and oxygen atoms in total. The third kappa shape index (κ3) is 6.21. The van der Waals surface area contributed by atoms with Crippen molar-refractivity contribution in [3.05, 3.63) is 65.0 Å². The second-order valence-corrected chi connectivity index (χ2v) is 8.81. The monoisotopic (exact) mass is 448 g/mol. The molecule has 0 aliphatic heterocycles. The minimum Gasteiger partial charge on any atom is -0.355 e. The molecule has 4 rings (SSSR count). The van der Waals surface area contributed by atoms with Crippen molar-refractivity contribution in [1.29, 1.82) is 0 Å². The van der Waals surface area contributed by atoms with Crippen LogP contribution >= 0.6 is 0 Å². The van der Waals surface area contributed by atoms with Gasteiger partial charge >= 0.3 is 0 Å². The molecule has 176 valence electrons. The average Bonchev–Trinajstić information content (AvgIpc) is 3.41. The first-order valence-corrected chi connectivity index (χ1v) is 12.1. The highest BCUT2D eigenvalue weighted by atomic mass is 15.3. The van der Waals surface area contributed by atoms with Gasteiger partial charge in [-0.25, -0.2) is 0 Å². The topological polar surface area (TPSA) is 85.0 Å². The molecule has 0 bridgehead atoms. The molecule has 3 aromatic rings. The number of aromatic nitrogens is 5. The summed E-state index contributed by atoms with van der Waals surface area (Å²) in [7, 11) is 0. The fraction of sp³-hybridized carbons (Fsp3) is 0.520. The molecular weight excluding hydrogens is 412 g/mol. The molecule has 0 saturated carbocycles. The van der Waals surface area contributed by atoms with E-state index in [0.29, 0.717) is 6.04 Å². The molecule has 33 heavy (non-hydrogen) atoms. The number of aliphatic imine (C=N–C) groups is 1. The van der Waals surface area contributed by atoms with Crippen LogP contribution in [0.5, 0.6) is 0 Å². The first kappa shape index (κ1) is 23.0. The van der Waals surface area contributed by atoms with Gasteiger partial charge in [0.05, 0.1) is 5.69 Å². The summed E-state index contributed by atoms with van der Waals surface area (Å²) in [6, 6.07) is 11.3. The first-order valence-electron chi connectivity index (χ1n) is 12.1. The number of benzene rings is 1. The van der Waals surface area contributed by atoms with Gasteiger partial charge in [0, 0.05) is 44.3 Å². The summed E-state index contributed by atoms with van der Waals surface area (Å²) in [5, 5.41) is 20.0. The minimum atomic E-state index is 0.392. The lowest BCUT2D eigenvalue weighted by molar-refractivity contribution is 0.515. The fourth-order valence-electron chi connectivity index (χ4n) is 4.51. The van der Waals surface area contributed by atoms with E-state index in [1.54, 1.807) is 6.33 Å². The average molecular weight is 449 g/mol. The van der Waals surface area contributed by atoms with Crippen LogP contribution in [0.2, 0.25) is 0 Å². The van der Waals surface area contributed by atoms with Crippen molar-refractivity contribution in [1.82, 2.24) is 35.2 Å². The molecule has 1 aliphatic carbocycles. The number of rotatable bonds is 9. The fourth-order valence-corrected chi connectivity index (χ4v) is 4.51. The number of nitrogens with zero attached hydrogens (tertiary/aromatic N) is 6. The molecule has 1 atom stereocenters. The molecule has 1 aliphatic rings. The second-order valence-electron chi connectivity index (χ2n) is 8.81. The van der Waals surface area contributed by atoms with E-state index in [1.165, 1.54) is 16.8 Å². The highest BCUT2D eigenvalue weighted by Gasteiger charge is 2.19. The summed E-state index contributed by atoms with van der Waals surface area (Å²) in [6.45, 7) is 9.47. The van der Waals surface area contributed by atoms with E-state index < -0.39 is 0 Å². The molecule has 0 spiro atoms. The van der Waals surface area contributed by atoms with Crippen molar-refractivity contribution >= 4 is 5.96 Å². The van der Waals surface area contributed by atoms with Crippen molar-refractivity contribution in [2.45, 2.75) is 72.0 Å². The van der Waals surface area contributed by atoms with Crippen LogP contribution < -0.4 is 10.6 Å². The third-order valence-corrected chi connectivity index (χ3v) is 6.25. The van der Waals surface area contributed by atoms with Crippen LogP contribution in [0.3, 0.4) is 0 Å². The zero-order valence-corrected chi connectivity index (χ0v) is 20.1. The van der Waals surface area contributed by atoms with Crippen LogP contribution in [0.15, 0.2) is 41.7 Å². The van der Waals surface area contributed by atoms with Gasteiger partial charge in [0.1, 0.15) is 12.2 Å². The summed E-state index contributed by atoms with van der Waals surface area (Å²) >= 11 is 0. The quantitative estimate of drug-likeness (QED) is 0.299. The summed E-state index contributed by atoms with van der Waals surface area (Å²) < 4.78 is 4.17. The third-order valence-electron chi connectivity index (χ3n) is 6.25. The second kappa shape index (κ2) is 11.1. The first-order chi connectivity index (χ1) is 16.1. The number of hydrogen-bond donors (Lipinski definition) is 2. The number of hydrogen-bond acceptors (Lipinski definition) is 4. The summed E-state index contributed by atoms with van der Waals surface area (Å²) in [5.74, 6) is 1.90. The van der Waals surface area contributed by atoms with Crippen LogP contribution in [-0.2, 0) is 32.4 Å². The lowest BCUT2D eigenvalue weighted by Gasteiger charge is -2.27. The molecule has 2 aromatic heterocycles. The maximum Gasteiger partial charge on any atom is 0.191 e. The van der Waals surface area contributed by atoms with E-state index >= 15 is 0 Å². The van der Waals surface area contributed by atoms with E-state index in [-0.39, 0.29) is 0 Å². The van der Waals surface area contributed by atoms with E-state index in [0.717, 1.165) is 75.8 Å². The van der Waals surface area contributed by atoms with Crippen molar-refractivity contribution in [2.75, 3.05) is 13.1 Å². The number of aryl methyl sites for hydroxylation is 5. The maximum atomic E-state index is 4.90. The Morgan fingerprint density at radius 2 is 2.03 bits per heavy atom. The number of fused-ring (bicyclic) bond motifs is 1. The molecular formula is C25H36N8. The Kier molecular flexibility index (Phi) is 7.75. The Balaban J connectivity index is 1.35. The van der Waals surface area contributed by atoms with Gasteiger partial charge in [-0.15, -0.1) is 10.2 Å². The lowest BCUT2D eigenvalue weighted by atomic mass is 9.88. The maximum absolute atomic E-state index is 4.90. The predicted octanol–water partition coefficient (Wildman–Crippen LogP) is 2.84. The normalized spacial score (nSPS) is 16.0.